The molecule has 0 radical (unpaired) electrons. The van der Waals surface area contributed by atoms with Crippen LogP contribution in [-0.4, -0.2) is 10.1 Å². The summed E-state index contributed by atoms with van der Waals surface area (Å²) in [6, 6.07) is 4.65. The molecule has 0 fully saturated rings. The Morgan fingerprint density at radius 1 is 1.50 bits per heavy atom. The summed E-state index contributed by atoms with van der Waals surface area (Å²) in [6.07, 6.45) is 0. The number of nitro groups is 1. The van der Waals surface area contributed by atoms with Crippen molar-refractivity contribution in [1.29, 1.82) is 0 Å². The van der Waals surface area contributed by atoms with E-state index in [-0.39, 0.29) is 18.0 Å². The van der Waals surface area contributed by atoms with E-state index in [1.165, 1.54) is 0 Å². The zero-order chi connectivity index (χ0) is 13.1. The smallest absolute Gasteiger partial charge is 0.311 e. The fourth-order valence-electron chi connectivity index (χ4n) is 1.39. The van der Waals surface area contributed by atoms with Gasteiger partial charge in [0.1, 0.15) is 12.4 Å². The van der Waals surface area contributed by atoms with Gasteiger partial charge < -0.3 is 9.26 Å². The number of rotatable bonds is 4. The first-order chi connectivity index (χ1) is 8.56. The molecule has 2 rings (SSSR count). The number of aryl methyl sites for hydroxylation is 1. The van der Waals surface area contributed by atoms with Crippen LogP contribution in [0, 0.1) is 22.9 Å². The van der Waals surface area contributed by atoms with E-state index in [1.807, 2.05) is 0 Å². The van der Waals surface area contributed by atoms with Crippen LogP contribution >= 0.6 is 0 Å². The lowest BCUT2D eigenvalue weighted by molar-refractivity contribution is -0.386. The molecule has 1 aromatic heterocycles. The van der Waals surface area contributed by atoms with Crippen molar-refractivity contribution in [3.63, 3.8) is 0 Å². The predicted octanol–water partition coefficient (Wildman–Crippen LogP) is 2.61. The van der Waals surface area contributed by atoms with Gasteiger partial charge in [0, 0.05) is 18.2 Å². The minimum absolute atomic E-state index is 0.0505. The molecule has 0 saturated carbocycles. The van der Waals surface area contributed by atoms with Crippen LogP contribution in [0.1, 0.15) is 11.5 Å². The lowest BCUT2D eigenvalue weighted by Gasteiger charge is -2.04. The van der Waals surface area contributed by atoms with Crippen molar-refractivity contribution in [3.05, 3.63) is 51.7 Å². The SMILES string of the molecule is Cc1cc(COc2cc(F)ccc2[N+](=O)[O-])on1. The van der Waals surface area contributed by atoms with E-state index in [9.17, 15) is 14.5 Å². The Hall–Kier alpha value is -2.44. The first-order valence-electron chi connectivity index (χ1n) is 5.05. The Kier molecular flexibility index (Phi) is 3.22. The number of halogens is 1. The molecule has 0 aliphatic heterocycles. The number of benzene rings is 1. The van der Waals surface area contributed by atoms with Crippen molar-refractivity contribution in [2.24, 2.45) is 0 Å². The third kappa shape index (κ3) is 2.62. The fraction of sp³-hybridized carbons (Fsp3) is 0.182. The maximum absolute atomic E-state index is 13.0. The summed E-state index contributed by atoms with van der Waals surface area (Å²) in [5.41, 5.74) is 0.370. The first kappa shape index (κ1) is 12.0. The maximum atomic E-state index is 13.0. The highest BCUT2D eigenvalue weighted by Gasteiger charge is 2.16. The molecule has 0 spiro atoms. The van der Waals surface area contributed by atoms with Crippen LogP contribution in [0.15, 0.2) is 28.8 Å². The van der Waals surface area contributed by atoms with Gasteiger partial charge in [-0.1, -0.05) is 5.16 Å². The van der Waals surface area contributed by atoms with Gasteiger partial charge in [0.15, 0.2) is 11.5 Å². The fourth-order valence-corrected chi connectivity index (χ4v) is 1.39. The molecule has 7 heteroatoms. The van der Waals surface area contributed by atoms with Crippen LogP contribution in [-0.2, 0) is 6.61 Å². The summed E-state index contributed by atoms with van der Waals surface area (Å²) in [4.78, 5) is 10.1. The van der Waals surface area contributed by atoms with E-state index >= 15 is 0 Å². The van der Waals surface area contributed by atoms with E-state index in [1.54, 1.807) is 13.0 Å². The van der Waals surface area contributed by atoms with Crippen molar-refractivity contribution >= 4 is 5.69 Å². The lowest BCUT2D eigenvalue weighted by atomic mass is 10.3. The molecule has 0 atom stereocenters. The largest absolute Gasteiger partial charge is 0.478 e. The monoisotopic (exact) mass is 252 g/mol. The normalized spacial score (nSPS) is 10.3. The van der Waals surface area contributed by atoms with Crippen LogP contribution < -0.4 is 4.74 Å². The van der Waals surface area contributed by atoms with Crippen molar-refractivity contribution in [2.75, 3.05) is 0 Å². The third-order valence-corrected chi connectivity index (χ3v) is 2.17. The summed E-state index contributed by atoms with van der Waals surface area (Å²) in [5.74, 6) is -0.343. The summed E-state index contributed by atoms with van der Waals surface area (Å²) < 4.78 is 23.0. The van der Waals surface area contributed by atoms with Crippen LogP contribution in [0.4, 0.5) is 10.1 Å². The van der Waals surface area contributed by atoms with Crippen molar-refractivity contribution in [2.45, 2.75) is 13.5 Å². The highest BCUT2D eigenvalue weighted by Crippen LogP contribution is 2.28. The Labute approximate surface area is 101 Å². The molecule has 0 unspecified atom stereocenters. The second kappa shape index (κ2) is 4.82. The van der Waals surface area contributed by atoms with Crippen LogP contribution in [0.2, 0.25) is 0 Å². The third-order valence-electron chi connectivity index (χ3n) is 2.17. The Balaban J connectivity index is 2.17. The highest BCUT2D eigenvalue weighted by molar-refractivity contribution is 5.46. The van der Waals surface area contributed by atoms with Crippen molar-refractivity contribution in [1.82, 2.24) is 5.16 Å². The number of hydrogen-bond donors (Lipinski definition) is 0. The van der Waals surface area contributed by atoms with Crippen LogP contribution in [0.25, 0.3) is 0 Å². The van der Waals surface area contributed by atoms with Gasteiger partial charge in [0.2, 0.25) is 0 Å². The average Bonchev–Trinajstić information content (AvgIpc) is 2.72. The van der Waals surface area contributed by atoms with E-state index in [0.717, 1.165) is 18.2 Å². The highest BCUT2D eigenvalue weighted by atomic mass is 19.1. The van der Waals surface area contributed by atoms with Gasteiger partial charge in [-0.2, -0.15) is 0 Å². The topological polar surface area (TPSA) is 78.4 Å². The van der Waals surface area contributed by atoms with Gasteiger partial charge in [-0.15, -0.1) is 0 Å². The van der Waals surface area contributed by atoms with Crippen LogP contribution in [0.5, 0.6) is 5.75 Å². The minimum atomic E-state index is -0.638. The van der Waals surface area contributed by atoms with Crippen LogP contribution in [0.3, 0.4) is 0 Å². The van der Waals surface area contributed by atoms with E-state index in [0.29, 0.717) is 11.5 Å². The molecule has 6 nitrogen and oxygen atoms in total. The quantitative estimate of drug-likeness (QED) is 0.617. The van der Waals surface area contributed by atoms with Gasteiger partial charge in [-0.3, -0.25) is 10.1 Å². The van der Waals surface area contributed by atoms with Crippen molar-refractivity contribution < 1.29 is 18.6 Å². The summed E-state index contributed by atoms with van der Waals surface area (Å²) in [5, 5.41) is 14.4. The van der Waals surface area contributed by atoms with Gasteiger partial charge in [-0.05, 0) is 13.0 Å². The predicted molar refractivity (Wildman–Crippen MR) is 58.6 cm³/mol. The Morgan fingerprint density at radius 2 is 2.28 bits per heavy atom. The molecule has 2 aromatic rings. The summed E-state index contributed by atoms with van der Waals surface area (Å²) in [7, 11) is 0. The Morgan fingerprint density at radius 3 is 2.89 bits per heavy atom. The molecule has 1 aromatic carbocycles. The Bertz CT molecular complexity index is 582. The molecule has 0 aliphatic carbocycles. The molecule has 0 bridgehead atoms. The molecule has 94 valence electrons. The summed E-state index contributed by atoms with van der Waals surface area (Å²) in [6.45, 7) is 1.68. The average molecular weight is 252 g/mol. The molecule has 0 saturated heterocycles. The lowest BCUT2D eigenvalue weighted by Crippen LogP contribution is -1.99. The van der Waals surface area contributed by atoms with E-state index < -0.39 is 10.7 Å². The van der Waals surface area contributed by atoms with Gasteiger partial charge in [-0.25, -0.2) is 4.39 Å². The second-order valence-corrected chi connectivity index (χ2v) is 3.59. The molecular weight excluding hydrogens is 243 g/mol. The van der Waals surface area contributed by atoms with E-state index in [2.05, 4.69) is 5.16 Å². The number of nitro benzene ring substituents is 1. The van der Waals surface area contributed by atoms with Gasteiger partial charge >= 0.3 is 5.69 Å². The molecular formula is C11H9FN2O4. The number of aromatic nitrogens is 1. The van der Waals surface area contributed by atoms with E-state index in [4.69, 9.17) is 9.26 Å². The first-order valence-corrected chi connectivity index (χ1v) is 5.05. The van der Waals surface area contributed by atoms with Gasteiger partial charge in [0.25, 0.3) is 0 Å². The zero-order valence-corrected chi connectivity index (χ0v) is 9.42. The number of hydrogen-bond acceptors (Lipinski definition) is 5. The zero-order valence-electron chi connectivity index (χ0n) is 9.42. The molecule has 18 heavy (non-hydrogen) atoms. The standard InChI is InChI=1S/C11H9FN2O4/c1-7-4-9(18-13-7)6-17-11-5-8(12)2-3-10(11)14(15)16/h2-5H,6H2,1H3. The molecule has 0 amide bonds. The molecule has 0 aliphatic rings. The molecule has 0 N–H and O–H groups in total. The van der Waals surface area contributed by atoms with Crippen molar-refractivity contribution in [3.8, 4) is 5.75 Å². The minimum Gasteiger partial charge on any atom is -0.478 e. The summed E-state index contributed by atoms with van der Waals surface area (Å²) >= 11 is 0. The molecule has 1 heterocycles. The maximum Gasteiger partial charge on any atom is 0.311 e. The second-order valence-electron chi connectivity index (χ2n) is 3.59. The van der Waals surface area contributed by atoms with Gasteiger partial charge in [0.05, 0.1) is 10.6 Å². The number of nitrogens with zero attached hydrogens (tertiary/aromatic N) is 2. The number of ether oxygens (including phenoxy) is 1.